The van der Waals surface area contributed by atoms with Gasteiger partial charge in [0.05, 0.1) is 12.5 Å². The van der Waals surface area contributed by atoms with Gasteiger partial charge in [0, 0.05) is 30.2 Å². The predicted molar refractivity (Wildman–Crippen MR) is 79.1 cm³/mol. The van der Waals surface area contributed by atoms with E-state index in [4.69, 9.17) is 5.26 Å². The minimum absolute atomic E-state index is 0.0218. The summed E-state index contributed by atoms with van der Waals surface area (Å²) in [6.45, 7) is 4.24. The smallest absolute Gasteiger partial charge is 0.242 e. The Morgan fingerprint density at radius 1 is 1.45 bits per heavy atom. The highest BCUT2D eigenvalue weighted by Gasteiger charge is 2.16. The number of aromatic nitrogens is 1. The molecule has 1 heterocycles. The first kappa shape index (κ1) is 14.1. The van der Waals surface area contributed by atoms with Crippen LogP contribution in [0.1, 0.15) is 18.9 Å². The van der Waals surface area contributed by atoms with Crippen LogP contribution in [0.4, 0.5) is 0 Å². The van der Waals surface area contributed by atoms with Crippen molar-refractivity contribution in [2.24, 2.45) is 0 Å². The molecule has 0 spiro atoms. The minimum atomic E-state index is -0.0598. The quantitative estimate of drug-likeness (QED) is 0.856. The standard InChI is InChI=1S/C16H19N3O/c1-12-10-19(15-7-5-4-6-14(12)15)11-16(20)18(3)13(2)8-9-17/h4-7,10,13H,8,11H2,1-3H3. The fourth-order valence-electron chi connectivity index (χ4n) is 2.33. The Morgan fingerprint density at radius 3 is 2.85 bits per heavy atom. The Morgan fingerprint density at radius 2 is 2.15 bits per heavy atom. The maximum Gasteiger partial charge on any atom is 0.242 e. The van der Waals surface area contributed by atoms with Crippen molar-refractivity contribution in [3.63, 3.8) is 0 Å². The van der Waals surface area contributed by atoms with Crippen LogP contribution < -0.4 is 0 Å². The highest BCUT2D eigenvalue weighted by Crippen LogP contribution is 2.20. The number of hydrogen-bond donors (Lipinski definition) is 0. The topological polar surface area (TPSA) is 49.0 Å². The molecule has 0 saturated carbocycles. The van der Waals surface area contributed by atoms with Gasteiger partial charge in [-0.05, 0) is 25.5 Å². The summed E-state index contributed by atoms with van der Waals surface area (Å²) < 4.78 is 1.97. The van der Waals surface area contributed by atoms with Crippen LogP contribution in [0, 0.1) is 18.3 Å². The molecule has 1 unspecified atom stereocenters. The molecule has 20 heavy (non-hydrogen) atoms. The monoisotopic (exact) mass is 269 g/mol. The molecule has 1 amide bonds. The average molecular weight is 269 g/mol. The van der Waals surface area contributed by atoms with E-state index in [1.54, 1.807) is 11.9 Å². The molecule has 1 aromatic carbocycles. The van der Waals surface area contributed by atoms with Crippen molar-refractivity contribution in [2.75, 3.05) is 7.05 Å². The zero-order valence-corrected chi connectivity index (χ0v) is 12.1. The van der Waals surface area contributed by atoms with E-state index in [2.05, 4.69) is 12.1 Å². The Kier molecular flexibility index (Phi) is 4.09. The van der Waals surface area contributed by atoms with E-state index in [9.17, 15) is 4.79 Å². The molecular formula is C16H19N3O. The molecule has 2 rings (SSSR count). The molecule has 0 aliphatic carbocycles. The third-order valence-corrected chi connectivity index (χ3v) is 3.73. The molecule has 0 fully saturated rings. The van der Waals surface area contributed by atoms with E-state index in [1.165, 1.54) is 10.9 Å². The maximum absolute atomic E-state index is 12.3. The third-order valence-electron chi connectivity index (χ3n) is 3.73. The molecule has 0 aliphatic rings. The van der Waals surface area contributed by atoms with Crippen LogP contribution in [0.5, 0.6) is 0 Å². The molecule has 2 aromatic rings. The largest absolute Gasteiger partial charge is 0.340 e. The Labute approximate surface area is 119 Å². The molecule has 4 heteroatoms. The number of fused-ring (bicyclic) bond motifs is 1. The SMILES string of the molecule is Cc1cn(CC(=O)N(C)C(C)CC#N)c2ccccc12. The summed E-state index contributed by atoms with van der Waals surface area (Å²) in [4.78, 5) is 13.9. The van der Waals surface area contributed by atoms with Gasteiger partial charge < -0.3 is 9.47 Å². The molecule has 0 N–H and O–H groups in total. The number of carbonyl (C=O) groups excluding carboxylic acids is 1. The summed E-state index contributed by atoms with van der Waals surface area (Å²) in [6, 6.07) is 10.1. The summed E-state index contributed by atoms with van der Waals surface area (Å²) in [5.74, 6) is 0.0218. The van der Waals surface area contributed by atoms with Crippen molar-refractivity contribution in [1.82, 2.24) is 9.47 Å². The van der Waals surface area contributed by atoms with Gasteiger partial charge in [0.1, 0.15) is 6.54 Å². The fraction of sp³-hybridized carbons (Fsp3) is 0.375. The van der Waals surface area contributed by atoms with Crippen molar-refractivity contribution in [1.29, 1.82) is 5.26 Å². The van der Waals surface area contributed by atoms with E-state index >= 15 is 0 Å². The molecule has 1 aromatic heterocycles. The maximum atomic E-state index is 12.3. The van der Waals surface area contributed by atoms with Gasteiger partial charge >= 0.3 is 0 Å². The lowest BCUT2D eigenvalue weighted by atomic mass is 10.2. The molecule has 0 radical (unpaired) electrons. The predicted octanol–water partition coefficient (Wildman–Crippen LogP) is 2.71. The lowest BCUT2D eigenvalue weighted by Gasteiger charge is -2.23. The first-order chi connectivity index (χ1) is 9.54. The van der Waals surface area contributed by atoms with Crippen LogP contribution in [0.3, 0.4) is 0 Å². The second-order valence-electron chi connectivity index (χ2n) is 5.17. The van der Waals surface area contributed by atoms with Crippen LogP contribution in [-0.4, -0.2) is 28.5 Å². The first-order valence-corrected chi connectivity index (χ1v) is 6.71. The molecule has 0 bridgehead atoms. The van der Waals surface area contributed by atoms with Crippen molar-refractivity contribution >= 4 is 16.8 Å². The number of rotatable bonds is 4. The molecule has 4 nitrogen and oxygen atoms in total. The molecule has 0 aliphatic heterocycles. The van der Waals surface area contributed by atoms with Gasteiger partial charge in [-0.25, -0.2) is 0 Å². The van der Waals surface area contributed by atoms with Crippen LogP contribution in [0.25, 0.3) is 10.9 Å². The lowest BCUT2D eigenvalue weighted by Crippen LogP contribution is -2.37. The summed E-state index contributed by atoms with van der Waals surface area (Å²) in [5, 5.41) is 9.88. The van der Waals surface area contributed by atoms with Crippen LogP contribution in [0.2, 0.25) is 0 Å². The zero-order chi connectivity index (χ0) is 14.7. The molecular weight excluding hydrogens is 250 g/mol. The average Bonchev–Trinajstić information content (AvgIpc) is 2.75. The van der Waals surface area contributed by atoms with E-state index in [0.29, 0.717) is 13.0 Å². The van der Waals surface area contributed by atoms with E-state index in [1.807, 2.05) is 42.8 Å². The number of nitrogens with zero attached hydrogens (tertiary/aromatic N) is 3. The van der Waals surface area contributed by atoms with E-state index in [0.717, 1.165) is 5.52 Å². The van der Waals surface area contributed by atoms with Gasteiger partial charge in [0.2, 0.25) is 5.91 Å². The highest BCUT2D eigenvalue weighted by molar-refractivity contribution is 5.86. The van der Waals surface area contributed by atoms with Gasteiger partial charge in [0.25, 0.3) is 0 Å². The zero-order valence-electron chi connectivity index (χ0n) is 12.1. The summed E-state index contributed by atoms with van der Waals surface area (Å²) in [7, 11) is 1.75. The normalized spacial score (nSPS) is 12.1. The van der Waals surface area contributed by atoms with Crippen LogP contribution in [-0.2, 0) is 11.3 Å². The number of para-hydroxylation sites is 1. The summed E-state index contributed by atoms with van der Waals surface area (Å²) in [5.41, 5.74) is 2.24. The second-order valence-corrected chi connectivity index (χ2v) is 5.17. The van der Waals surface area contributed by atoms with E-state index in [-0.39, 0.29) is 11.9 Å². The van der Waals surface area contributed by atoms with Crippen molar-refractivity contribution in [2.45, 2.75) is 32.9 Å². The van der Waals surface area contributed by atoms with Crippen LogP contribution >= 0.6 is 0 Å². The summed E-state index contributed by atoms with van der Waals surface area (Å²) >= 11 is 0. The van der Waals surface area contributed by atoms with Crippen molar-refractivity contribution < 1.29 is 4.79 Å². The first-order valence-electron chi connectivity index (χ1n) is 6.71. The number of benzene rings is 1. The molecule has 104 valence electrons. The van der Waals surface area contributed by atoms with Gasteiger partial charge in [-0.15, -0.1) is 0 Å². The Hall–Kier alpha value is -2.28. The molecule has 0 saturated heterocycles. The van der Waals surface area contributed by atoms with Crippen LogP contribution in [0.15, 0.2) is 30.5 Å². The fourth-order valence-corrected chi connectivity index (χ4v) is 2.33. The Bertz CT molecular complexity index is 666. The van der Waals surface area contributed by atoms with Gasteiger partial charge in [-0.2, -0.15) is 5.26 Å². The number of hydrogen-bond acceptors (Lipinski definition) is 2. The van der Waals surface area contributed by atoms with Gasteiger partial charge in [-0.1, -0.05) is 18.2 Å². The highest BCUT2D eigenvalue weighted by atomic mass is 16.2. The van der Waals surface area contributed by atoms with Crippen molar-refractivity contribution in [3.8, 4) is 6.07 Å². The van der Waals surface area contributed by atoms with Gasteiger partial charge in [-0.3, -0.25) is 4.79 Å². The van der Waals surface area contributed by atoms with E-state index < -0.39 is 0 Å². The van der Waals surface area contributed by atoms with Crippen molar-refractivity contribution in [3.05, 3.63) is 36.0 Å². The number of amides is 1. The number of nitriles is 1. The minimum Gasteiger partial charge on any atom is -0.340 e. The second kappa shape index (κ2) is 5.79. The lowest BCUT2D eigenvalue weighted by molar-refractivity contribution is -0.132. The Balaban J connectivity index is 2.20. The summed E-state index contributed by atoms with van der Waals surface area (Å²) in [6.07, 6.45) is 2.36. The number of likely N-dealkylation sites (N-methyl/N-ethyl adjacent to an activating group) is 1. The molecule has 1 atom stereocenters. The van der Waals surface area contributed by atoms with Gasteiger partial charge in [0.15, 0.2) is 0 Å². The third kappa shape index (κ3) is 2.67. The number of carbonyl (C=O) groups is 1. The number of aryl methyl sites for hydroxylation is 1.